The number of piperazine rings is 1. The second-order valence-corrected chi connectivity index (χ2v) is 8.99. The lowest BCUT2D eigenvalue weighted by Crippen LogP contribution is -2.46. The van der Waals surface area contributed by atoms with Crippen LogP contribution in [0.2, 0.25) is 10.0 Å². The SMILES string of the molecule is N#Cc1nc(-c2ccc(OCc3ccccc3Cl)cc2)oc1N1CCN(c2cccc(Cl)c2)CC1. The van der Waals surface area contributed by atoms with Crippen LogP contribution in [-0.4, -0.2) is 31.2 Å². The molecule has 0 aliphatic carbocycles. The molecule has 5 rings (SSSR count). The molecule has 1 saturated heterocycles. The summed E-state index contributed by atoms with van der Waals surface area (Å²) >= 11 is 12.3. The molecule has 0 bridgehead atoms. The molecule has 3 aromatic carbocycles. The first-order valence-electron chi connectivity index (χ1n) is 11.2. The van der Waals surface area contributed by atoms with E-state index in [0.717, 1.165) is 34.9 Å². The monoisotopic (exact) mass is 504 g/mol. The maximum Gasteiger partial charge on any atom is 0.235 e. The molecule has 4 aromatic rings. The summed E-state index contributed by atoms with van der Waals surface area (Å²) < 4.78 is 11.9. The van der Waals surface area contributed by atoms with Crippen LogP contribution in [0.25, 0.3) is 11.5 Å². The minimum atomic E-state index is 0.287. The number of aromatic nitrogens is 1. The average Bonchev–Trinajstić information content (AvgIpc) is 3.33. The van der Waals surface area contributed by atoms with E-state index in [2.05, 4.69) is 26.9 Å². The molecule has 0 N–H and O–H groups in total. The summed E-state index contributed by atoms with van der Waals surface area (Å²) in [5.41, 5.74) is 3.07. The Balaban J connectivity index is 1.26. The minimum Gasteiger partial charge on any atom is -0.489 e. The number of ether oxygens (including phenoxy) is 1. The van der Waals surface area contributed by atoms with Crippen LogP contribution in [0.4, 0.5) is 11.6 Å². The third-order valence-corrected chi connectivity index (χ3v) is 6.51. The van der Waals surface area contributed by atoms with Gasteiger partial charge in [0.2, 0.25) is 17.5 Å². The van der Waals surface area contributed by atoms with Crippen molar-refractivity contribution in [2.75, 3.05) is 36.0 Å². The normalized spacial score (nSPS) is 13.5. The van der Waals surface area contributed by atoms with Crippen LogP contribution in [0.3, 0.4) is 0 Å². The van der Waals surface area contributed by atoms with Crippen molar-refractivity contribution in [1.29, 1.82) is 5.26 Å². The molecule has 0 unspecified atom stereocenters. The van der Waals surface area contributed by atoms with E-state index in [1.165, 1.54) is 0 Å². The molecule has 1 aromatic heterocycles. The van der Waals surface area contributed by atoms with Crippen LogP contribution < -0.4 is 14.5 Å². The number of hydrogen-bond donors (Lipinski definition) is 0. The van der Waals surface area contributed by atoms with Crippen LogP contribution in [0.1, 0.15) is 11.3 Å². The molecule has 0 amide bonds. The third-order valence-electron chi connectivity index (χ3n) is 5.91. The van der Waals surface area contributed by atoms with Crippen molar-refractivity contribution in [2.24, 2.45) is 0 Å². The van der Waals surface area contributed by atoms with Gasteiger partial charge < -0.3 is 19.0 Å². The van der Waals surface area contributed by atoms with Crippen LogP contribution in [0, 0.1) is 11.3 Å². The number of nitriles is 1. The molecule has 0 saturated carbocycles. The Kier molecular flexibility index (Phi) is 6.80. The number of anilines is 2. The van der Waals surface area contributed by atoms with Gasteiger partial charge in [0.15, 0.2) is 0 Å². The Morgan fingerprint density at radius 3 is 2.37 bits per heavy atom. The molecule has 1 fully saturated rings. The molecule has 6 nitrogen and oxygen atoms in total. The minimum absolute atomic E-state index is 0.287. The van der Waals surface area contributed by atoms with E-state index in [9.17, 15) is 5.26 Å². The van der Waals surface area contributed by atoms with E-state index in [0.29, 0.717) is 42.2 Å². The van der Waals surface area contributed by atoms with E-state index in [-0.39, 0.29) is 5.69 Å². The highest BCUT2D eigenvalue weighted by Crippen LogP contribution is 2.31. The molecule has 0 radical (unpaired) electrons. The van der Waals surface area contributed by atoms with Gasteiger partial charge in [-0.15, -0.1) is 0 Å². The third kappa shape index (κ3) is 5.22. The largest absolute Gasteiger partial charge is 0.489 e. The van der Waals surface area contributed by atoms with Gasteiger partial charge >= 0.3 is 0 Å². The molecular weight excluding hydrogens is 483 g/mol. The summed E-state index contributed by atoms with van der Waals surface area (Å²) in [6.07, 6.45) is 0. The first-order chi connectivity index (χ1) is 17.1. The highest BCUT2D eigenvalue weighted by atomic mass is 35.5. The molecule has 0 spiro atoms. The number of oxazole rings is 1. The second kappa shape index (κ2) is 10.3. The predicted molar refractivity (Wildman–Crippen MR) is 138 cm³/mol. The summed E-state index contributed by atoms with van der Waals surface area (Å²) in [5.74, 6) is 1.62. The maximum absolute atomic E-state index is 9.66. The van der Waals surface area contributed by atoms with Crippen LogP contribution >= 0.6 is 23.2 Å². The smallest absolute Gasteiger partial charge is 0.235 e. The van der Waals surface area contributed by atoms with Gasteiger partial charge in [0.25, 0.3) is 0 Å². The van der Waals surface area contributed by atoms with Gasteiger partial charge in [-0.1, -0.05) is 47.5 Å². The van der Waals surface area contributed by atoms with Crippen LogP contribution in [0.5, 0.6) is 5.75 Å². The molecule has 2 heterocycles. The lowest BCUT2D eigenvalue weighted by molar-refractivity contribution is 0.306. The standard InChI is InChI=1S/C27H22Cl2N4O2/c28-21-5-3-6-22(16-21)32-12-14-33(15-13-32)27-25(17-30)31-26(35-27)19-8-10-23(11-9-19)34-18-20-4-1-2-7-24(20)29/h1-11,16H,12-15,18H2. The molecular formula is C27H22Cl2N4O2. The van der Waals surface area contributed by atoms with Crippen molar-refractivity contribution < 1.29 is 9.15 Å². The Bertz CT molecular complexity index is 1360. The lowest BCUT2D eigenvalue weighted by Gasteiger charge is -2.35. The van der Waals surface area contributed by atoms with Crippen molar-refractivity contribution >= 4 is 34.8 Å². The van der Waals surface area contributed by atoms with Crippen molar-refractivity contribution in [3.05, 3.63) is 94.1 Å². The van der Waals surface area contributed by atoms with Crippen molar-refractivity contribution in [2.45, 2.75) is 6.61 Å². The Hall–Kier alpha value is -3.66. The zero-order valence-electron chi connectivity index (χ0n) is 18.8. The quantitative estimate of drug-likeness (QED) is 0.301. The van der Waals surface area contributed by atoms with Crippen LogP contribution in [-0.2, 0) is 6.61 Å². The van der Waals surface area contributed by atoms with Crippen molar-refractivity contribution in [3.8, 4) is 23.3 Å². The molecule has 35 heavy (non-hydrogen) atoms. The van der Waals surface area contributed by atoms with Gasteiger partial charge in [-0.25, -0.2) is 0 Å². The number of rotatable bonds is 6. The predicted octanol–water partition coefficient (Wildman–Crippen LogP) is 6.43. The zero-order chi connectivity index (χ0) is 24.2. The Morgan fingerprint density at radius 2 is 1.66 bits per heavy atom. The van der Waals surface area contributed by atoms with Gasteiger partial charge in [0, 0.05) is 53.0 Å². The van der Waals surface area contributed by atoms with E-state index >= 15 is 0 Å². The summed E-state index contributed by atoms with van der Waals surface area (Å²) in [6, 6.07) is 25.1. The first kappa shape index (κ1) is 23.1. The Morgan fingerprint density at radius 1 is 0.914 bits per heavy atom. The molecule has 176 valence electrons. The fourth-order valence-electron chi connectivity index (χ4n) is 4.03. The van der Waals surface area contributed by atoms with Gasteiger partial charge in [0.1, 0.15) is 18.4 Å². The summed E-state index contributed by atoms with van der Waals surface area (Å²) in [6.45, 7) is 3.38. The first-order valence-corrected chi connectivity index (χ1v) is 12.0. The highest BCUT2D eigenvalue weighted by Gasteiger charge is 2.25. The number of hydrogen-bond acceptors (Lipinski definition) is 6. The summed E-state index contributed by atoms with van der Waals surface area (Å²) in [5, 5.41) is 11.1. The van der Waals surface area contributed by atoms with Gasteiger partial charge in [-0.3, -0.25) is 0 Å². The summed E-state index contributed by atoms with van der Waals surface area (Å²) in [4.78, 5) is 8.78. The van der Waals surface area contributed by atoms with Gasteiger partial charge in [0.05, 0.1) is 0 Å². The van der Waals surface area contributed by atoms with E-state index < -0.39 is 0 Å². The van der Waals surface area contributed by atoms with E-state index in [1.54, 1.807) is 0 Å². The van der Waals surface area contributed by atoms with Gasteiger partial charge in [-0.2, -0.15) is 10.2 Å². The van der Waals surface area contributed by atoms with Crippen molar-refractivity contribution in [3.63, 3.8) is 0 Å². The number of benzene rings is 3. The fourth-order valence-corrected chi connectivity index (χ4v) is 4.41. The highest BCUT2D eigenvalue weighted by molar-refractivity contribution is 6.31. The Labute approximate surface area is 213 Å². The van der Waals surface area contributed by atoms with Crippen molar-refractivity contribution in [1.82, 2.24) is 4.98 Å². The number of nitrogens with zero attached hydrogens (tertiary/aromatic N) is 4. The molecule has 8 heteroatoms. The second-order valence-electron chi connectivity index (χ2n) is 8.14. The zero-order valence-corrected chi connectivity index (χ0v) is 20.3. The van der Waals surface area contributed by atoms with E-state index in [1.807, 2.05) is 66.7 Å². The number of halogens is 2. The van der Waals surface area contributed by atoms with Crippen LogP contribution in [0.15, 0.2) is 77.2 Å². The molecule has 0 atom stereocenters. The lowest BCUT2D eigenvalue weighted by atomic mass is 10.2. The fraction of sp³-hybridized carbons (Fsp3) is 0.185. The topological polar surface area (TPSA) is 65.5 Å². The van der Waals surface area contributed by atoms with E-state index in [4.69, 9.17) is 32.4 Å². The van der Waals surface area contributed by atoms with Gasteiger partial charge in [-0.05, 0) is 48.5 Å². The summed E-state index contributed by atoms with van der Waals surface area (Å²) in [7, 11) is 0. The molecule has 1 aliphatic rings. The maximum atomic E-state index is 9.66. The molecule has 1 aliphatic heterocycles. The average molecular weight is 505 g/mol.